The van der Waals surface area contributed by atoms with E-state index in [1.807, 2.05) is 6.07 Å². The zero-order valence-electron chi connectivity index (χ0n) is 11.0. The predicted molar refractivity (Wildman–Crippen MR) is 71.7 cm³/mol. The number of sulfone groups is 1. The minimum Gasteiger partial charge on any atom is -0.495 e. The zero-order valence-corrected chi connectivity index (χ0v) is 11.9. The van der Waals surface area contributed by atoms with Crippen LogP contribution in [0.3, 0.4) is 0 Å². The van der Waals surface area contributed by atoms with Gasteiger partial charge >= 0.3 is 0 Å². The van der Waals surface area contributed by atoms with E-state index in [-0.39, 0.29) is 11.5 Å². The van der Waals surface area contributed by atoms with Crippen LogP contribution in [0.2, 0.25) is 0 Å². The number of hydrogen-bond donors (Lipinski definition) is 0. The average Bonchev–Trinajstić information content (AvgIpc) is 2.38. The molecule has 6 heteroatoms. The van der Waals surface area contributed by atoms with Crippen molar-refractivity contribution >= 4 is 9.84 Å². The maximum atomic E-state index is 11.9. The monoisotopic (exact) mass is 283 g/mol. The Bertz CT molecular complexity index is 560. The Kier molecular flexibility index (Phi) is 5.80. The second-order valence-corrected chi connectivity index (χ2v) is 6.27. The molecule has 0 saturated carbocycles. The summed E-state index contributed by atoms with van der Waals surface area (Å²) in [6.07, 6.45) is 0.472. The molecular weight excluding hydrogens is 266 g/mol. The molecule has 0 spiro atoms. The summed E-state index contributed by atoms with van der Waals surface area (Å²) in [7, 11) is -0.175. The van der Waals surface area contributed by atoms with Gasteiger partial charge in [0.1, 0.15) is 11.8 Å². The van der Waals surface area contributed by atoms with Crippen molar-refractivity contribution in [2.45, 2.75) is 12.2 Å². The molecule has 0 N–H and O–H groups in total. The van der Waals surface area contributed by atoms with Crippen LogP contribution >= 0.6 is 0 Å². The summed E-state index contributed by atoms with van der Waals surface area (Å²) < 4.78 is 33.6. The van der Waals surface area contributed by atoms with Crippen LogP contribution in [0.5, 0.6) is 5.75 Å². The molecule has 0 aliphatic carbocycles. The van der Waals surface area contributed by atoms with Gasteiger partial charge in [0, 0.05) is 13.7 Å². The first-order chi connectivity index (χ1) is 9.02. The molecule has 0 fully saturated rings. The average molecular weight is 283 g/mol. The van der Waals surface area contributed by atoms with Gasteiger partial charge in [-0.1, -0.05) is 6.07 Å². The van der Waals surface area contributed by atoms with Crippen LogP contribution < -0.4 is 4.74 Å². The van der Waals surface area contributed by atoms with Crippen LogP contribution in [0, 0.1) is 11.3 Å². The quantitative estimate of drug-likeness (QED) is 0.709. The summed E-state index contributed by atoms with van der Waals surface area (Å²) >= 11 is 0. The Hall–Kier alpha value is -1.58. The van der Waals surface area contributed by atoms with Gasteiger partial charge in [-0.3, -0.25) is 0 Å². The Labute approximate surface area is 113 Å². The van der Waals surface area contributed by atoms with Crippen LogP contribution in [0.15, 0.2) is 18.2 Å². The summed E-state index contributed by atoms with van der Waals surface area (Å²) in [5, 5.41) is 8.95. The molecule has 0 aliphatic heterocycles. The normalized spacial score (nSPS) is 11.0. The van der Waals surface area contributed by atoms with Crippen molar-refractivity contribution in [3.63, 3.8) is 0 Å². The number of benzene rings is 1. The Balaban J connectivity index is 2.80. The van der Waals surface area contributed by atoms with Gasteiger partial charge in [0.15, 0.2) is 9.84 Å². The lowest BCUT2D eigenvalue weighted by atomic mass is 10.1. The molecule has 0 saturated heterocycles. The minimum atomic E-state index is -3.18. The van der Waals surface area contributed by atoms with Gasteiger partial charge in [-0.05, 0) is 24.1 Å². The maximum Gasteiger partial charge on any atom is 0.154 e. The van der Waals surface area contributed by atoms with E-state index in [0.29, 0.717) is 29.9 Å². The molecule has 0 heterocycles. The number of methoxy groups -OCH3 is 2. The van der Waals surface area contributed by atoms with Crippen molar-refractivity contribution in [2.24, 2.45) is 0 Å². The highest BCUT2D eigenvalue weighted by atomic mass is 32.2. The zero-order chi connectivity index (χ0) is 14.3. The molecule has 1 rings (SSSR count). The fourth-order valence-electron chi connectivity index (χ4n) is 1.68. The van der Waals surface area contributed by atoms with E-state index in [4.69, 9.17) is 14.7 Å². The summed E-state index contributed by atoms with van der Waals surface area (Å²) in [5.41, 5.74) is 0.932. The third kappa shape index (κ3) is 4.89. The highest BCUT2D eigenvalue weighted by molar-refractivity contribution is 7.90. The lowest BCUT2D eigenvalue weighted by Gasteiger charge is -2.07. The van der Waals surface area contributed by atoms with Crippen LogP contribution in [-0.2, 0) is 20.3 Å². The smallest absolute Gasteiger partial charge is 0.154 e. The van der Waals surface area contributed by atoms with Gasteiger partial charge in [-0.25, -0.2) is 8.42 Å². The SMILES string of the molecule is COCCCS(=O)(=O)Cc1ccc(OC)c(C#N)c1. The van der Waals surface area contributed by atoms with Crippen LogP contribution in [0.4, 0.5) is 0 Å². The Morgan fingerprint density at radius 2 is 2.05 bits per heavy atom. The van der Waals surface area contributed by atoms with Gasteiger partial charge in [-0.15, -0.1) is 0 Å². The van der Waals surface area contributed by atoms with E-state index in [0.717, 1.165) is 0 Å². The van der Waals surface area contributed by atoms with Crippen LogP contribution in [0.25, 0.3) is 0 Å². The molecule has 1 aromatic rings. The third-order valence-electron chi connectivity index (χ3n) is 2.57. The molecule has 5 nitrogen and oxygen atoms in total. The van der Waals surface area contributed by atoms with Gasteiger partial charge in [0.25, 0.3) is 0 Å². The molecule has 104 valence electrons. The highest BCUT2D eigenvalue weighted by Crippen LogP contribution is 2.20. The lowest BCUT2D eigenvalue weighted by molar-refractivity contribution is 0.199. The molecule has 0 atom stereocenters. The number of hydrogen-bond acceptors (Lipinski definition) is 5. The first kappa shape index (κ1) is 15.5. The third-order valence-corrected chi connectivity index (χ3v) is 4.26. The second kappa shape index (κ2) is 7.12. The van der Waals surface area contributed by atoms with Crippen molar-refractivity contribution in [2.75, 3.05) is 26.6 Å². The Morgan fingerprint density at radius 3 is 2.63 bits per heavy atom. The standard InChI is InChI=1S/C13H17NO4S/c1-17-6-3-7-19(15,16)10-11-4-5-13(18-2)12(8-11)9-14/h4-5,8H,3,6-7,10H2,1-2H3. The molecule has 0 aromatic heterocycles. The van der Waals surface area contributed by atoms with Crippen molar-refractivity contribution in [1.82, 2.24) is 0 Å². The number of rotatable bonds is 7. The maximum absolute atomic E-state index is 11.9. The van der Waals surface area contributed by atoms with E-state index in [1.54, 1.807) is 18.2 Å². The summed E-state index contributed by atoms with van der Waals surface area (Å²) in [6, 6.07) is 6.80. The van der Waals surface area contributed by atoms with Gasteiger partial charge in [-0.2, -0.15) is 5.26 Å². The van der Waals surface area contributed by atoms with E-state index < -0.39 is 9.84 Å². The fourth-order valence-corrected chi connectivity index (χ4v) is 3.07. The number of ether oxygens (including phenoxy) is 2. The fraction of sp³-hybridized carbons (Fsp3) is 0.462. The summed E-state index contributed by atoms with van der Waals surface area (Å²) in [5.74, 6) is 0.451. The molecule has 1 aromatic carbocycles. The van der Waals surface area contributed by atoms with Crippen molar-refractivity contribution in [3.8, 4) is 11.8 Å². The molecule has 0 aliphatic rings. The molecule has 0 radical (unpaired) electrons. The minimum absolute atomic E-state index is 0.0740. The van der Waals surface area contributed by atoms with Crippen molar-refractivity contribution < 1.29 is 17.9 Å². The van der Waals surface area contributed by atoms with E-state index in [1.165, 1.54) is 14.2 Å². The highest BCUT2D eigenvalue weighted by Gasteiger charge is 2.13. The second-order valence-electron chi connectivity index (χ2n) is 4.08. The molecule has 0 amide bonds. The van der Waals surface area contributed by atoms with E-state index >= 15 is 0 Å². The topological polar surface area (TPSA) is 76.4 Å². The van der Waals surface area contributed by atoms with Gasteiger partial charge in [0.2, 0.25) is 0 Å². The van der Waals surface area contributed by atoms with Crippen LogP contribution in [0.1, 0.15) is 17.5 Å². The van der Waals surface area contributed by atoms with Gasteiger partial charge in [0.05, 0.1) is 24.2 Å². The summed E-state index contributed by atoms with van der Waals surface area (Å²) in [4.78, 5) is 0. The lowest BCUT2D eigenvalue weighted by Crippen LogP contribution is -2.11. The largest absolute Gasteiger partial charge is 0.495 e. The van der Waals surface area contributed by atoms with Crippen LogP contribution in [-0.4, -0.2) is 35.0 Å². The molecular formula is C13H17NO4S. The van der Waals surface area contributed by atoms with E-state index in [9.17, 15) is 8.42 Å². The number of nitriles is 1. The van der Waals surface area contributed by atoms with E-state index in [2.05, 4.69) is 0 Å². The molecule has 0 bridgehead atoms. The first-order valence-corrected chi connectivity index (χ1v) is 7.61. The molecule has 0 unspecified atom stereocenters. The molecule has 19 heavy (non-hydrogen) atoms. The first-order valence-electron chi connectivity index (χ1n) is 5.79. The summed E-state index contributed by atoms with van der Waals surface area (Å²) in [6.45, 7) is 0.422. The number of nitrogens with zero attached hydrogens (tertiary/aromatic N) is 1. The van der Waals surface area contributed by atoms with Gasteiger partial charge < -0.3 is 9.47 Å². The van der Waals surface area contributed by atoms with Crippen molar-refractivity contribution in [1.29, 1.82) is 5.26 Å². The van der Waals surface area contributed by atoms with Crippen molar-refractivity contribution in [3.05, 3.63) is 29.3 Å². The predicted octanol–water partition coefficient (Wildman–Crippen LogP) is 1.52. The Morgan fingerprint density at radius 1 is 1.32 bits per heavy atom.